The lowest BCUT2D eigenvalue weighted by atomic mass is 9.93. The zero-order chi connectivity index (χ0) is 31.0. The van der Waals surface area contributed by atoms with E-state index in [1.165, 1.54) is 12.1 Å². The number of methoxy groups -OCH3 is 1. The van der Waals surface area contributed by atoms with Crippen LogP contribution in [0.25, 0.3) is 0 Å². The minimum absolute atomic E-state index is 0.0239. The molecule has 42 heavy (non-hydrogen) atoms. The Morgan fingerprint density at radius 3 is 2.10 bits per heavy atom. The van der Waals surface area contributed by atoms with Crippen molar-refractivity contribution in [3.63, 3.8) is 0 Å². The van der Waals surface area contributed by atoms with Crippen LogP contribution < -0.4 is 15.4 Å². The summed E-state index contributed by atoms with van der Waals surface area (Å²) in [5, 5.41) is 15.2. The van der Waals surface area contributed by atoms with Crippen molar-refractivity contribution in [3.05, 3.63) is 89.0 Å². The Kier molecular flexibility index (Phi) is 10.2. The molecule has 0 aliphatic carbocycles. The minimum Gasteiger partial charge on any atom is -0.508 e. The highest BCUT2D eigenvalue weighted by Crippen LogP contribution is 2.30. The molecule has 9 nitrogen and oxygen atoms in total. The maximum absolute atomic E-state index is 14.2. The van der Waals surface area contributed by atoms with E-state index >= 15 is 0 Å². The van der Waals surface area contributed by atoms with E-state index in [0.717, 1.165) is 16.0 Å². The number of aromatic hydroxyl groups is 1. The Balaban J connectivity index is 2.05. The van der Waals surface area contributed by atoms with Crippen molar-refractivity contribution in [3.8, 4) is 24.0 Å². The van der Waals surface area contributed by atoms with Gasteiger partial charge in [0.2, 0.25) is 0 Å². The molecule has 0 aliphatic rings. The summed E-state index contributed by atoms with van der Waals surface area (Å²) in [6, 6.07) is 18.5. The topological polar surface area (TPSA) is 117 Å². The Hall–Kier alpha value is -4.97. The van der Waals surface area contributed by atoms with Gasteiger partial charge in [-0.2, -0.15) is 0 Å². The number of aryl methyl sites for hydroxylation is 2. The number of rotatable bonds is 9. The lowest BCUT2D eigenvalue weighted by Crippen LogP contribution is -2.52. The number of ether oxygens (including phenoxy) is 2. The van der Waals surface area contributed by atoms with Crippen molar-refractivity contribution in [2.45, 2.75) is 58.7 Å². The summed E-state index contributed by atoms with van der Waals surface area (Å²) >= 11 is 0. The zero-order valence-corrected chi connectivity index (χ0v) is 24.7. The molecule has 9 heteroatoms. The predicted octanol–water partition coefficient (Wildman–Crippen LogP) is 5.25. The Labute approximate surface area is 246 Å². The number of anilines is 1. The first-order valence-electron chi connectivity index (χ1n) is 13.4. The number of alkyl carbamates (subject to hydrolysis) is 1. The molecule has 0 aromatic heterocycles. The number of phenolic OH excluding ortho intramolecular Hbond substituents is 1. The number of phenols is 1. The fraction of sp³-hybridized carbons (Fsp3) is 0.303. The second-order valence-corrected chi connectivity index (χ2v) is 10.8. The number of benzene rings is 3. The molecule has 0 heterocycles. The lowest BCUT2D eigenvalue weighted by Gasteiger charge is -2.32. The van der Waals surface area contributed by atoms with E-state index in [2.05, 4.69) is 16.7 Å². The number of hydrogen-bond acceptors (Lipinski definition) is 6. The lowest BCUT2D eigenvalue weighted by molar-refractivity contribution is -0.136. The van der Waals surface area contributed by atoms with Crippen LogP contribution in [0.1, 0.15) is 49.1 Å². The number of carbonyl (C=O) groups is 3. The van der Waals surface area contributed by atoms with Gasteiger partial charge in [-0.25, -0.2) is 4.79 Å². The maximum atomic E-state index is 14.2. The summed E-state index contributed by atoms with van der Waals surface area (Å²) in [6.07, 6.45) is 5.15. The van der Waals surface area contributed by atoms with Gasteiger partial charge in [0.1, 0.15) is 29.2 Å². The van der Waals surface area contributed by atoms with Crippen molar-refractivity contribution < 1.29 is 29.0 Å². The fourth-order valence-electron chi connectivity index (χ4n) is 4.47. The summed E-state index contributed by atoms with van der Waals surface area (Å²) in [5.41, 5.74) is 2.39. The monoisotopic (exact) mass is 571 g/mol. The third-order valence-electron chi connectivity index (χ3n) is 6.42. The molecule has 0 aliphatic heterocycles. The average Bonchev–Trinajstić information content (AvgIpc) is 2.92. The summed E-state index contributed by atoms with van der Waals surface area (Å²) in [5.74, 6) is -0.555. The Morgan fingerprint density at radius 2 is 1.57 bits per heavy atom. The van der Waals surface area contributed by atoms with Crippen LogP contribution in [0.5, 0.6) is 11.5 Å². The van der Waals surface area contributed by atoms with Crippen LogP contribution in [0.3, 0.4) is 0 Å². The van der Waals surface area contributed by atoms with E-state index in [0.29, 0.717) is 22.6 Å². The summed E-state index contributed by atoms with van der Waals surface area (Å²) < 4.78 is 10.6. The quantitative estimate of drug-likeness (QED) is 0.239. The molecule has 3 rings (SSSR count). The van der Waals surface area contributed by atoms with Crippen molar-refractivity contribution in [1.29, 1.82) is 0 Å². The van der Waals surface area contributed by atoms with E-state index in [9.17, 15) is 19.5 Å². The standard InChI is InChI=1S/C33H37N3O6/c1-8-36(31(39)27(35-32(40)42-33(4,5)6)20-23-12-16-25(37)17-13-23)29(28-21(2)10-9-11-22(28)3)30(38)34-24-14-18-26(41-7)19-15-24/h1,9-19,27,29,37H,20H2,2-7H3,(H,34,38)(H,35,40). The number of carbonyl (C=O) groups excluding carboxylic acids is 3. The van der Waals surface area contributed by atoms with Crippen LogP contribution in [0.2, 0.25) is 0 Å². The van der Waals surface area contributed by atoms with E-state index in [-0.39, 0.29) is 12.2 Å². The summed E-state index contributed by atoms with van der Waals surface area (Å²) in [6.45, 7) is 8.79. The SMILES string of the molecule is C#CN(C(=O)C(Cc1ccc(O)cc1)NC(=O)OC(C)(C)C)C(C(=O)Nc1ccc(OC)cc1)c1c(C)cccc1C. The van der Waals surface area contributed by atoms with E-state index < -0.39 is 35.6 Å². The van der Waals surface area contributed by atoms with Crippen molar-refractivity contribution >= 4 is 23.6 Å². The molecule has 3 amide bonds. The van der Waals surface area contributed by atoms with Gasteiger partial charge in [-0.1, -0.05) is 36.8 Å². The minimum atomic E-state index is -1.23. The molecule has 3 aromatic rings. The second-order valence-electron chi connectivity index (χ2n) is 10.8. The first-order valence-corrected chi connectivity index (χ1v) is 13.4. The number of nitrogens with one attached hydrogen (secondary N) is 2. The van der Waals surface area contributed by atoms with Crippen molar-refractivity contribution in [1.82, 2.24) is 10.2 Å². The molecule has 0 saturated heterocycles. The molecule has 3 N–H and O–H groups in total. The molecular weight excluding hydrogens is 534 g/mol. The molecule has 2 unspecified atom stereocenters. The zero-order valence-electron chi connectivity index (χ0n) is 24.7. The smallest absolute Gasteiger partial charge is 0.408 e. The third-order valence-corrected chi connectivity index (χ3v) is 6.42. The van der Waals surface area contributed by atoms with Crippen molar-refractivity contribution in [2.24, 2.45) is 0 Å². The van der Waals surface area contributed by atoms with Crippen LogP contribution in [0.4, 0.5) is 10.5 Å². The highest BCUT2D eigenvalue weighted by atomic mass is 16.6. The third kappa shape index (κ3) is 8.27. The van der Waals surface area contributed by atoms with E-state index in [1.807, 2.05) is 32.0 Å². The second kappa shape index (κ2) is 13.6. The van der Waals surface area contributed by atoms with Crippen LogP contribution >= 0.6 is 0 Å². The van der Waals surface area contributed by atoms with Gasteiger partial charge >= 0.3 is 6.09 Å². The molecule has 0 radical (unpaired) electrons. The van der Waals surface area contributed by atoms with Crippen LogP contribution in [-0.2, 0) is 20.7 Å². The van der Waals surface area contributed by atoms with Crippen LogP contribution in [0, 0.1) is 26.3 Å². The molecule has 0 saturated carbocycles. The maximum Gasteiger partial charge on any atom is 0.408 e. The predicted molar refractivity (Wildman–Crippen MR) is 161 cm³/mol. The molecule has 220 valence electrons. The fourth-order valence-corrected chi connectivity index (χ4v) is 4.47. The van der Waals surface area contributed by atoms with Gasteiger partial charge in [-0.05, 0) is 93.3 Å². The first kappa shape index (κ1) is 31.6. The van der Waals surface area contributed by atoms with Gasteiger partial charge in [0.25, 0.3) is 11.8 Å². The van der Waals surface area contributed by atoms with Gasteiger partial charge in [-0.3, -0.25) is 14.5 Å². The highest BCUT2D eigenvalue weighted by Gasteiger charge is 2.37. The van der Waals surface area contributed by atoms with E-state index in [4.69, 9.17) is 15.9 Å². The molecule has 0 fully saturated rings. The van der Waals surface area contributed by atoms with E-state index in [1.54, 1.807) is 64.3 Å². The molecule has 2 atom stereocenters. The summed E-state index contributed by atoms with van der Waals surface area (Å²) in [4.78, 5) is 42.0. The van der Waals surface area contributed by atoms with Crippen LogP contribution in [0.15, 0.2) is 66.7 Å². The van der Waals surface area contributed by atoms with Crippen molar-refractivity contribution in [2.75, 3.05) is 12.4 Å². The summed E-state index contributed by atoms with van der Waals surface area (Å²) in [7, 11) is 1.54. The Morgan fingerprint density at radius 1 is 0.976 bits per heavy atom. The number of amides is 3. The van der Waals surface area contributed by atoms with Crippen LogP contribution in [-0.4, -0.2) is 46.7 Å². The van der Waals surface area contributed by atoms with Gasteiger partial charge in [-0.15, -0.1) is 0 Å². The van der Waals surface area contributed by atoms with Gasteiger partial charge in [0, 0.05) is 18.2 Å². The highest BCUT2D eigenvalue weighted by molar-refractivity contribution is 6.00. The molecular formula is C33H37N3O6. The normalized spacial score (nSPS) is 12.3. The first-order chi connectivity index (χ1) is 19.8. The molecule has 3 aromatic carbocycles. The molecule has 0 bridgehead atoms. The molecule has 0 spiro atoms. The number of hydrogen-bond donors (Lipinski definition) is 3. The largest absolute Gasteiger partial charge is 0.508 e. The number of nitrogens with zero attached hydrogens (tertiary/aromatic N) is 1. The van der Waals surface area contributed by atoms with Gasteiger partial charge < -0.3 is 25.2 Å². The van der Waals surface area contributed by atoms with Gasteiger partial charge in [0.15, 0.2) is 0 Å². The van der Waals surface area contributed by atoms with Gasteiger partial charge in [0.05, 0.1) is 7.11 Å². The Bertz CT molecular complexity index is 1430. The average molecular weight is 572 g/mol. The number of terminal acetylenes is 1.